The Balaban J connectivity index is 1.44. The standard InChI is InChI=1S/C32H26Cl2N4O4S/c1-19(30(40)36-22-12-10-20(11-13-22)29(35)39)43-24-16-14-23(15-17-24)37-32(42)28(18-25-26(33)8-5-9-27(25)34)38-31(41)21-6-3-2-4-7-21/h2-19H,1H3,(H2,35,39)(H,36,40)(H,37,42)(H,38,41)/b28-18-. The zero-order valence-electron chi connectivity index (χ0n) is 22.8. The number of anilines is 2. The van der Waals surface area contributed by atoms with Crippen LogP contribution in [0.15, 0.2) is 108 Å². The Hall–Kier alpha value is -4.57. The normalized spacial score (nSPS) is 11.7. The minimum absolute atomic E-state index is 0.0588. The third-order valence-electron chi connectivity index (χ3n) is 6.05. The first-order valence-electron chi connectivity index (χ1n) is 12.9. The lowest BCUT2D eigenvalue weighted by atomic mass is 10.1. The summed E-state index contributed by atoms with van der Waals surface area (Å²) >= 11 is 14.0. The zero-order valence-corrected chi connectivity index (χ0v) is 25.1. The molecule has 0 fully saturated rings. The fourth-order valence-electron chi connectivity index (χ4n) is 3.77. The fraction of sp³-hybridized carbons (Fsp3) is 0.0625. The van der Waals surface area contributed by atoms with Gasteiger partial charge in [-0.1, -0.05) is 47.5 Å². The molecule has 0 saturated heterocycles. The number of carbonyl (C=O) groups is 4. The van der Waals surface area contributed by atoms with Crippen LogP contribution in [-0.4, -0.2) is 28.9 Å². The van der Waals surface area contributed by atoms with Gasteiger partial charge in [0.1, 0.15) is 5.70 Å². The van der Waals surface area contributed by atoms with Crippen molar-refractivity contribution < 1.29 is 19.2 Å². The molecule has 0 aliphatic carbocycles. The molecule has 0 bridgehead atoms. The molecule has 43 heavy (non-hydrogen) atoms. The number of hydrogen-bond donors (Lipinski definition) is 4. The molecule has 11 heteroatoms. The van der Waals surface area contributed by atoms with Crippen molar-refractivity contribution in [3.8, 4) is 0 Å². The van der Waals surface area contributed by atoms with Gasteiger partial charge in [0.25, 0.3) is 11.8 Å². The van der Waals surface area contributed by atoms with E-state index in [2.05, 4.69) is 16.0 Å². The van der Waals surface area contributed by atoms with E-state index in [1.165, 1.54) is 17.8 Å². The van der Waals surface area contributed by atoms with Crippen LogP contribution in [0.2, 0.25) is 10.0 Å². The van der Waals surface area contributed by atoms with E-state index in [4.69, 9.17) is 28.9 Å². The van der Waals surface area contributed by atoms with E-state index in [9.17, 15) is 19.2 Å². The van der Waals surface area contributed by atoms with Crippen LogP contribution in [0.4, 0.5) is 11.4 Å². The van der Waals surface area contributed by atoms with Crippen molar-refractivity contribution >= 4 is 76.0 Å². The minimum atomic E-state index is -0.587. The first-order chi connectivity index (χ1) is 20.6. The van der Waals surface area contributed by atoms with E-state index in [1.807, 2.05) is 0 Å². The van der Waals surface area contributed by atoms with Crippen molar-refractivity contribution in [2.24, 2.45) is 5.73 Å². The highest BCUT2D eigenvalue weighted by Crippen LogP contribution is 2.28. The molecule has 8 nitrogen and oxygen atoms in total. The maximum atomic E-state index is 13.3. The number of nitrogens with two attached hydrogens (primary N) is 1. The van der Waals surface area contributed by atoms with Crippen LogP contribution in [0.3, 0.4) is 0 Å². The van der Waals surface area contributed by atoms with Crippen LogP contribution in [-0.2, 0) is 9.59 Å². The molecule has 5 N–H and O–H groups in total. The summed E-state index contributed by atoms with van der Waals surface area (Å²) in [6, 6.07) is 26.6. The zero-order chi connectivity index (χ0) is 30.9. The molecule has 1 unspecified atom stereocenters. The highest BCUT2D eigenvalue weighted by molar-refractivity contribution is 8.00. The predicted octanol–water partition coefficient (Wildman–Crippen LogP) is 6.62. The fourth-order valence-corrected chi connectivity index (χ4v) is 5.14. The average molecular weight is 634 g/mol. The van der Waals surface area contributed by atoms with Gasteiger partial charge in [-0.05, 0) is 85.8 Å². The van der Waals surface area contributed by atoms with Gasteiger partial charge in [-0.15, -0.1) is 11.8 Å². The summed E-state index contributed by atoms with van der Waals surface area (Å²) in [7, 11) is 0. The number of carbonyl (C=O) groups excluding carboxylic acids is 4. The number of nitrogens with one attached hydrogen (secondary N) is 3. The van der Waals surface area contributed by atoms with Crippen LogP contribution >= 0.6 is 35.0 Å². The van der Waals surface area contributed by atoms with E-state index >= 15 is 0 Å². The third-order valence-corrected chi connectivity index (χ3v) is 7.82. The number of hydrogen-bond acceptors (Lipinski definition) is 5. The Morgan fingerprint density at radius 3 is 1.93 bits per heavy atom. The Bertz CT molecular complexity index is 1660. The summed E-state index contributed by atoms with van der Waals surface area (Å²) in [4.78, 5) is 50.9. The maximum Gasteiger partial charge on any atom is 0.272 e. The summed E-state index contributed by atoms with van der Waals surface area (Å²) in [5.41, 5.74) is 7.30. The number of amides is 4. The van der Waals surface area contributed by atoms with Crippen LogP contribution in [0.5, 0.6) is 0 Å². The number of benzene rings is 4. The Kier molecular flexibility index (Phi) is 10.6. The quantitative estimate of drug-likeness (QED) is 0.115. The van der Waals surface area contributed by atoms with E-state index < -0.39 is 23.0 Å². The summed E-state index contributed by atoms with van der Waals surface area (Å²) < 4.78 is 0. The molecule has 0 saturated carbocycles. The number of rotatable bonds is 10. The van der Waals surface area contributed by atoms with Crippen molar-refractivity contribution in [3.05, 3.63) is 129 Å². The van der Waals surface area contributed by atoms with Crippen molar-refractivity contribution in [1.82, 2.24) is 5.32 Å². The molecule has 0 aliphatic rings. The molecule has 4 aromatic rings. The lowest BCUT2D eigenvalue weighted by Gasteiger charge is -2.14. The van der Waals surface area contributed by atoms with E-state index in [0.717, 1.165) is 4.90 Å². The van der Waals surface area contributed by atoms with Gasteiger partial charge in [-0.2, -0.15) is 0 Å². The lowest BCUT2D eigenvalue weighted by Crippen LogP contribution is -2.30. The number of halogens is 2. The van der Waals surface area contributed by atoms with E-state index in [0.29, 0.717) is 38.1 Å². The number of thioether (sulfide) groups is 1. The summed E-state index contributed by atoms with van der Waals surface area (Å²) in [6.45, 7) is 1.76. The largest absolute Gasteiger partial charge is 0.366 e. The van der Waals surface area contributed by atoms with Gasteiger partial charge < -0.3 is 21.7 Å². The highest BCUT2D eigenvalue weighted by Gasteiger charge is 2.18. The summed E-state index contributed by atoms with van der Waals surface area (Å²) in [6.07, 6.45) is 1.42. The molecule has 0 aliphatic heterocycles. The van der Waals surface area contributed by atoms with E-state index in [1.54, 1.807) is 104 Å². The molecule has 0 radical (unpaired) electrons. The van der Waals surface area contributed by atoms with Crippen LogP contribution in [0.1, 0.15) is 33.2 Å². The van der Waals surface area contributed by atoms with Gasteiger partial charge in [-0.25, -0.2) is 0 Å². The second kappa shape index (κ2) is 14.6. The molecule has 218 valence electrons. The molecular formula is C32H26Cl2N4O4S. The van der Waals surface area contributed by atoms with Gasteiger partial charge >= 0.3 is 0 Å². The Morgan fingerprint density at radius 1 is 0.744 bits per heavy atom. The second-order valence-electron chi connectivity index (χ2n) is 9.18. The molecule has 1 atom stereocenters. The monoisotopic (exact) mass is 632 g/mol. The van der Waals surface area contributed by atoms with Gasteiger partial charge in [0, 0.05) is 43.0 Å². The molecule has 4 aromatic carbocycles. The smallest absolute Gasteiger partial charge is 0.272 e. The second-order valence-corrected chi connectivity index (χ2v) is 11.4. The van der Waals surface area contributed by atoms with Crippen LogP contribution < -0.4 is 21.7 Å². The molecule has 0 spiro atoms. The van der Waals surface area contributed by atoms with Gasteiger partial charge in [0.15, 0.2) is 0 Å². The Labute approximate surface area is 262 Å². The van der Waals surface area contributed by atoms with Crippen molar-refractivity contribution in [1.29, 1.82) is 0 Å². The minimum Gasteiger partial charge on any atom is -0.366 e. The molecule has 4 amide bonds. The maximum absolute atomic E-state index is 13.3. The van der Waals surface area contributed by atoms with Gasteiger partial charge in [-0.3, -0.25) is 19.2 Å². The molecular weight excluding hydrogens is 607 g/mol. The first kappa shape index (κ1) is 31.4. The average Bonchev–Trinajstić information content (AvgIpc) is 3.00. The summed E-state index contributed by atoms with van der Waals surface area (Å²) in [5, 5.41) is 8.42. The Morgan fingerprint density at radius 2 is 1.33 bits per heavy atom. The van der Waals surface area contributed by atoms with E-state index in [-0.39, 0.29) is 11.6 Å². The highest BCUT2D eigenvalue weighted by atomic mass is 35.5. The van der Waals surface area contributed by atoms with Gasteiger partial charge in [0.2, 0.25) is 11.8 Å². The van der Waals surface area contributed by atoms with Crippen molar-refractivity contribution in [3.63, 3.8) is 0 Å². The van der Waals surface area contributed by atoms with Crippen molar-refractivity contribution in [2.45, 2.75) is 17.1 Å². The molecule has 4 rings (SSSR count). The SMILES string of the molecule is CC(Sc1ccc(NC(=O)/C(=C/c2c(Cl)cccc2Cl)NC(=O)c2ccccc2)cc1)C(=O)Nc1ccc(C(N)=O)cc1. The third kappa shape index (κ3) is 8.71. The lowest BCUT2D eigenvalue weighted by molar-refractivity contribution is -0.115. The van der Waals surface area contributed by atoms with Crippen molar-refractivity contribution in [2.75, 3.05) is 10.6 Å². The summed E-state index contributed by atoms with van der Waals surface area (Å²) in [5.74, 6) is -1.84. The predicted molar refractivity (Wildman–Crippen MR) is 172 cm³/mol. The number of primary amides is 1. The molecule has 0 heterocycles. The van der Waals surface area contributed by atoms with Gasteiger partial charge in [0.05, 0.1) is 5.25 Å². The first-order valence-corrected chi connectivity index (χ1v) is 14.5. The van der Waals surface area contributed by atoms with Crippen LogP contribution in [0, 0.1) is 0 Å². The topological polar surface area (TPSA) is 130 Å². The molecule has 0 aromatic heterocycles. The van der Waals surface area contributed by atoms with Crippen LogP contribution in [0.25, 0.3) is 6.08 Å².